The molecule has 3 aromatic heterocycles. The summed E-state index contributed by atoms with van der Waals surface area (Å²) in [4.78, 5) is 11.2. The Morgan fingerprint density at radius 2 is 1.88 bits per heavy atom. The molecule has 10 heteroatoms. The first-order valence-electron chi connectivity index (χ1n) is 6.66. The van der Waals surface area contributed by atoms with E-state index in [1.54, 1.807) is 0 Å². The molecule has 0 amide bonds. The molecular formula is C14H11F4N5O. The van der Waals surface area contributed by atoms with Gasteiger partial charge in [0.05, 0.1) is 18.1 Å². The first kappa shape index (κ1) is 16.1. The predicted octanol–water partition coefficient (Wildman–Crippen LogP) is 2.28. The van der Waals surface area contributed by atoms with E-state index in [2.05, 4.69) is 15.0 Å². The number of fused-ring (bicyclic) bond motifs is 1. The molecule has 0 aliphatic rings. The van der Waals surface area contributed by atoms with E-state index in [1.807, 2.05) is 0 Å². The van der Waals surface area contributed by atoms with Gasteiger partial charge in [-0.3, -0.25) is 4.40 Å². The zero-order valence-corrected chi connectivity index (χ0v) is 12.2. The number of hydrogen-bond acceptors (Lipinski definition) is 5. The average molecular weight is 341 g/mol. The summed E-state index contributed by atoms with van der Waals surface area (Å²) in [6.07, 6.45) is -1.76. The Bertz CT molecular complexity index is 919. The van der Waals surface area contributed by atoms with Crippen LogP contribution in [0, 0.1) is 5.82 Å². The van der Waals surface area contributed by atoms with Crippen molar-refractivity contribution in [3.05, 3.63) is 42.1 Å². The number of imidazole rings is 1. The number of hydrogen-bond donors (Lipinski definition) is 2. The third-order valence-electron chi connectivity index (χ3n) is 3.63. The van der Waals surface area contributed by atoms with E-state index in [1.165, 1.54) is 16.7 Å². The van der Waals surface area contributed by atoms with E-state index >= 15 is 0 Å². The molecule has 126 valence electrons. The smallest absolute Gasteiger partial charge is 0.376 e. The molecule has 3 rings (SSSR count). The summed E-state index contributed by atoms with van der Waals surface area (Å²) in [7, 11) is 0. The van der Waals surface area contributed by atoms with Crippen molar-refractivity contribution in [2.75, 3.05) is 5.73 Å². The average Bonchev–Trinajstić information content (AvgIpc) is 2.91. The lowest BCUT2D eigenvalue weighted by molar-refractivity contribution is -0.259. The second kappa shape index (κ2) is 5.13. The number of nitrogens with two attached hydrogens (primary N) is 1. The highest BCUT2D eigenvalue weighted by molar-refractivity contribution is 5.61. The van der Waals surface area contributed by atoms with E-state index in [9.17, 15) is 22.7 Å². The van der Waals surface area contributed by atoms with Crippen LogP contribution >= 0.6 is 0 Å². The van der Waals surface area contributed by atoms with Gasteiger partial charge in [0.1, 0.15) is 11.3 Å². The van der Waals surface area contributed by atoms with Gasteiger partial charge >= 0.3 is 6.18 Å². The summed E-state index contributed by atoms with van der Waals surface area (Å²) in [6.45, 7) is 0.633. The van der Waals surface area contributed by atoms with Crippen LogP contribution in [0.25, 0.3) is 17.0 Å². The van der Waals surface area contributed by atoms with Crippen LogP contribution in [0.3, 0.4) is 0 Å². The number of rotatable bonds is 2. The Morgan fingerprint density at radius 1 is 1.17 bits per heavy atom. The molecule has 0 saturated heterocycles. The number of pyridine rings is 1. The predicted molar refractivity (Wildman–Crippen MR) is 76.2 cm³/mol. The number of anilines is 1. The Balaban J connectivity index is 2.22. The quantitative estimate of drug-likeness (QED) is 0.698. The number of nitrogens with zero attached hydrogens (tertiary/aromatic N) is 4. The minimum absolute atomic E-state index is 0.0800. The molecule has 0 aliphatic heterocycles. The van der Waals surface area contributed by atoms with Gasteiger partial charge in [0.15, 0.2) is 11.4 Å². The second-order valence-electron chi connectivity index (χ2n) is 5.28. The normalized spacial score (nSPS) is 14.8. The van der Waals surface area contributed by atoms with Crippen molar-refractivity contribution in [2.24, 2.45) is 0 Å². The van der Waals surface area contributed by atoms with Crippen molar-refractivity contribution in [2.45, 2.75) is 18.7 Å². The number of alkyl halides is 3. The molecule has 0 aromatic carbocycles. The van der Waals surface area contributed by atoms with Gasteiger partial charge in [0.2, 0.25) is 5.95 Å². The van der Waals surface area contributed by atoms with E-state index < -0.39 is 23.2 Å². The molecule has 0 aliphatic carbocycles. The van der Waals surface area contributed by atoms with Gasteiger partial charge in [-0.15, -0.1) is 0 Å². The second-order valence-corrected chi connectivity index (χ2v) is 5.28. The fourth-order valence-corrected chi connectivity index (χ4v) is 2.17. The molecule has 3 N–H and O–H groups in total. The molecule has 0 bridgehead atoms. The highest BCUT2D eigenvalue weighted by Gasteiger charge is 2.51. The zero-order valence-electron chi connectivity index (χ0n) is 12.2. The van der Waals surface area contributed by atoms with Crippen LogP contribution in [0.5, 0.6) is 0 Å². The maximum Gasteiger partial charge on any atom is 0.421 e. The van der Waals surface area contributed by atoms with Gasteiger partial charge in [-0.1, -0.05) is 6.07 Å². The van der Waals surface area contributed by atoms with Crippen LogP contribution < -0.4 is 5.73 Å². The lowest BCUT2D eigenvalue weighted by atomic mass is 9.97. The third kappa shape index (κ3) is 2.44. The Morgan fingerprint density at radius 3 is 2.54 bits per heavy atom. The van der Waals surface area contributed by atoms with Gasteiger partial charge < -0.3 is 10.8 Å². The number of aliphatic hydroxyl groups is 1. The van der Waals surface area contributed by atoms with E-state index in [4.69, 9.17) is 5.73 Å². The van der Waals surface area contributed by atoms with Crippen LogP contribution in [0.15, 0.2) is 30.7 Å². The van der Waals surface area contributed by atoms with Crippen molar-refractivity contribution in [1.29, 1.82) is 0 Å². The largest absolute Gasteiger partial charge is 0.421 e. The lowest BCUT2D eigenvalue weighted by Crippen LogP contribution is -2.39. The maximum atomic E-state index is 13.9. The molecule has 0 fully saturated rings. The Hall–Kier alpha value is -2.75. The number of nitrogen functional groups attached to an aromatic ring is 1. The highest BCUT2D eigenvalue weighted by Crippen LogP contribution is 2.38. The fraction of sp³-hybridized carbons (Fsp3) is 0.214. The minimum Gasteiger partial charge on any atom is -0.376 e. The minimum atomic E-state index is -4.88. The third-order valence-corrected chi connectivity index (χ3v) is 3.63. The summed E-state index contributed by atoms with van der Waals surface area (Å²) >= 11 is 0. The molecule has 0 spiro atoms. The van der Waals surface area contributed by atoms with Gasteiger partial charge in [-0.2, -0.15) is 13.2 Å². The monoisotopic (exact) mass is 341 g/mol. The number of aromatic nitrogens is 4. The van der Waals surface area contributed by atoms with Gasteiger partial charge in [0, 0.05) is 11.8 Å². The van der Waals surface area contributed by atoms with Crippen molar-refractivity contribution < 1.29 is 22.7 Å². The van der Waals surface area contributed by atoms with E-state index in [0.717, 1.165) is 18.5 Å². The topological polar surface area (TPSA) is 89.3 Å². The molecule has 1 unspecified atom stereocenters. The molecule has 1 atom stereocenters. The van der Waals surface area contributed by atoms with E-state index in [-0.39, 0.29) is 23.0 Å². The summed E-state index contributed by atoms with van der Waals surface area (Å²) in [6, 6.07) is 2.38. The van der Waals surface area contributed by atoms with Crippen LogP contribution in [0.1, 0.15) is 12.5 Å². The molecule has 0 saturated carbocycles. The molecule has 3 heterocycles. The summed E-state index contributed by atoms with van der Waals surface area (Å²) in [5.41, 5.74) is 2.05. The van der Waals surface area contributed by atoms with Crippen LogP contribution in [0.2, 0.25) is 0 Å². The van der Waals surface area contributed by atoms with Crippen molar-refractivity contribution >= 4 is 11.6 Å². The fourth-order valence-electron chi connectivity index (χ4n) is 2.17. The molecule has 24 heavy (non-hydrogen) atoms. The molecular weight excluding hydrogens is 330 g/mol. The zero-order chi connectivity index (χ0) is 17.7. The van der Waals surface area contributed by atoms with Crippen LogP contribution in [-0.4, -0.2) is 30.6 Å². The van der Waals surface area contributed by atoms with Gasteiger partial charge in [0.25, 0.3) is 0 Å². The Kier molecular flexibility index (Phi) is 3.44. The standard InChI is InChI=1S/C14H11F4N5O/c1-13(24,14(16,17)18)7-2-3-10-20-5-9(23(10)6-7)11-8(15)4-21-12(19)22-11/h2-6,24H,1H3,(H2,19,21,22). The molecule has 6 nitrogen and oxygen atoms in total. The van der Waals surface area contributed by atoms with Crippen LogP contribution in [-0.2, 0) is 5.60 Å². The Labute approximate surface area is 132 Å². The van der Waals surface area contributed by atoms with Crippen molar-refractivity contribution in [3.63, 3.8) is 0 Å². The summed E-state index contributed by atoms with van der Waals surface area (Å²) in [5, 5.41) is 9.80. The van der Waals surface area contributed by atoms with Crippen molar-refractivity contribution in [1.82, 2.24) is 19.4 Å². The lowest BCUT2D eigenvalue weighted by Gasteiger charge is -2.26. The molecule has 3 aromatic rings. The number of halogens is 4. The summed E-state index contributed by atoms with van der Waals surface area (Å²) in [5.74, 6) is -1.00. The molecule has 0 radical (unpaired) electrons. The van der Waals surface area contributed by atoms with Gasteiger partial charge in [-0.25, -0.2) is 19.3 Å². The SMILES string of the molecule is CC(O)(c1ccc2ncc(-c3nc(N)ncc3F)n2c1)C(F)(F)F. The van der Waals surface area contributed by atoms with E-state index in [0.29, 0.717) is 6.92 Å². The highest BCUT2D eigenvalue weighted by atomic mass is 19.4. The summed E-state index contributed by atoms with van der Waals surface area (Å²) < 4.78 is 54.2. The van der Waals surface area contributed by atoms with Crippen LogP contribution in [0.4, 0.5) is 23.5 Å². The van der Waals surface area contributed by atoms with Crippen molar-refractivity contribution in [3.8, 4) is 11.4 Å². The first-order valence-corrected chi connectivity index (χ1v) is 6.66. The van der Waals surface area contributed by atoms with Gasteiger partial charge in [-0.05, 0) is 13.0 Å². The first-order chi connectivity index (χ1) is 11.1. The maximum absolute atomic E-state index is 13.9.